The molecule has 0 saturated heterocycles. The lowest BCUT2D eigenvalue weighted by Crippen LogP contribution is -2.23. The lowest BCUT2D eigenvalue weighted by molar-refractivity contribution is -0.118. The van der Waals surface area contributed by atoms with Crippen molar-refractivity contribution in [2.45, 2.75) is 26.5 Å². The summed E-state index contributed by atoms with van der Waals surface area (Å²) in [7, 11) is 1.00. The summed E-state index contributed by atoms with van der Waals surface area (Å²) in [4.78, 5) is 34.6. The van der Waals surface area contributed by atoms with Crippen LogP contribution in [0.3, 0.4) is 0 Å². The van der Waals surface area contributed by atoms with E-state index in [0.717, 1.165) is 7.11 Å². The van der Waals surface area contributed by atoms with Crippen LogP contribution in [0.25, 0.3) is 11.2 Å². The van der Waals surface area contributed by atoms with E-state index < -0.39 is 11.8 Å². The van der Waals surface area contributed by atoms with Crippen LogP contribution in [0.4, 0.5) is 5.95 Å². The summed E-state index contributed by atoms with van der Waals surface area (Å²) < 4.78 is 6.94. The highest BCUT2D eigenvalue weighted by Gasteiger charge is 2.18. The van der Waals surface area contributed by atoms with Crippen molar-refractivity contribution in [3.8, 4) is 0 Å². The van der Waals surface area contributed by atoms with E-state index in [1.165, 1.54) is 10.9 Å². The van der Waals surface area contributed by atoms with E-state index in [2.05, 4.69) is 20.3 Å². The highest BCUT2D eigenvalue weighted by Crippen LogP contribution is 2.18. The van der Waals surface area contributed by atoms with Gasteiger partial charge in [0.1, 0.15) is 6.23 Å². The second-order valence-corrected chi connectivity index (χ2v) is 5.44. The van der Waals surface area contributed by atoms with Gasteiger partial charge in [-0.1, -0.05) is 13.8 Å². The van der Waals surface area contributed by atoms with Crippen LogP contribution in [0.15, 0.2) is 11.1 Å². The maximum Gasteiger partial charge on any atom is 0.280 e. The van der Waals surface area contributed by atoms with Crippen molar-refractivity contribution in [2.75, 3.05) is 32.2 Å². The van der Waals surface area contributed by atoms with Gasteiger partial charge >= 0.3 is 0 Å². The van der Waals surface area contributed by atoms with Crippen molar-refractivity contribution in [1.29, 1.82) is 0 Å². The molecule has 0 aromatic carbocycles. The summed E-state index contributed by atoms with van der Waals surface area (Å²) in [5.74, 6) is -0.546. The molecule has 0 saturated carbocycles. The minimum Gasteiger partial charge on any atom is -0.400 e. The molecule has 1 unspecified atom stereocenters. The van der Waals surface area contributed by atoms with Crippen molar-refractivity contribution in [2.24, 2.45) is 5.92 Å². The van der Waals surface area contributed by atoms with E-state index >= 15 is 0 Å². The van der Waals surface area contributed by atoms with E-state index in [-0.39, 0.29) is 55.2 Å². The SMILES string of the molecule is CC(C)C(=O)Nc1nc2c(ncn2C(CCO)OCCO)c(=O)[nH]1.CO. The summed E-state index contributed by atoms with van der Waals surface area (Å²) in [6.45, 7) is 3.16. The Kier molecular flexibility index (Phi) is 8.85. The van der Waals surface area contributed by atoms with E-state index in [0.29, 0.717) is 0 Å². The molecule has 1 amide bonds. The van der Waals surface area contributed by atoms with Crippen LogP contribution in [0.5, 0.6) is 0 Å². The molecule has 0 fully saturated rings. The first-order valence-electron chi connectivity index (χ1n) is 8.03. The van der Waals surface area contributed by atoms with E-state index in [4.69, 9.17) is 14.9 Å². The molecule has 1 atom stereocenters. The lowest BCUT2D eigenvalue weighted by atomic mass is 10.2. The molecule has 2 aromatic rings. The molecule has 2 rings (SSSR count). The van der Waals surface area contributed by atoms with Crippen molar-refractivity contribution in [1.82, 2.24) is 19.5 Å². The average molecular weight is 371 g/mol. The number of aromatic nitrogens is 4. The van der Waals surface area contributed by atoms with Gasteiger partial charge in [0.15, 0.2) is 11.2 Å². The van der Waals surface area contributed by atoms with E-state index in [9.17, 15) is 14.7 Å². The number of aromatic amines is 1. The molecular formula is C15H25N5O6. The number of ether oxygens (including phenoxy) is 1. The Labute approximate surface area is 149 Å². The van der Waals surface area contributed by atoms with Gasteiger partial charge in [-0.25, -0.2) is 4.98 Å². The van der Waals surface area contributed by atoms with Crippen molar-refractivity contribution < 1.29 is 24.9 Å². The molecule has 5 N–H and O–H groups in total. The van der Waals surface area contributed by atoms with E-state index in [1.807, 2.05) is 0 Å². The number of nitrogens with one attached hydrogen (secondary N) is 2. The third-order valence-electron chi connectivity index (χ3n) is 3.29. The van der Waals surface area contributed by atoms with Crippen LogP contribution in [0, 0.1) is 5.92 Å². The summed E-state index contributed by atoms with van der Waals surface area (Å²) in [6.07, 6.45) is 0.960. The summed E-state index contributed by atoms with van der Waals surface area (Å²) >= 11 is 0. The Hall–Kier alpha value is -2.34. The third kappa shape index (κ3) is 5.33. The summed E-state index contributed by atoms with van der Waals surface area (Å²) in [6, 6.07) is 0. The molecule has 11 heteroatoms. The fourth-order valence-corrected chi connectivity index (χ4v) is 2.06. The van der Waals surface area contributed by atoms with Crippen LogP contribution >= 0.6 is 0 Å². The number of fused-ring (bicyclic) bond motifs is 1. The lowest BCUT2D eigenvalue weighted by Gasteiger charge is -2.18. The average Bonchev–Trinajstić information content (AvgIpc) is 3.04. The zero-order valence-corrected chi connectivity index (χ0v) is 15.0. The number of anilines is 1. The predicted molar refractivity (Wildman–Crippen MR) is 93.5 cm³/mol. The molecule has 11 nitrogen and oxygen atoms in total. The fourth-order valence-electron chi connectivity index (χ4n) is 2.06. The second-order valence-electron chi connectivity index (χ2n) is 5.44. The Balaban J connectivity index is 0.00000163. The molecule has 0 aliphatic heterocycles. The van der Waals surface area contributed by atoms with Crippen molar-refractivity contribution in [3.63, 3.8) is 0 Å². The van der Waals surface area contributed by atoms with Crippen LogP contribution in [0.1, 0.15) is 26.5 Å². The molecule has 2 heterocycles. The number of rotatable bonds is 8. The Bertz CT molecular complexity index is 757. The number of aliphatic hydroxyl groups is 3. The molecule has 0 bridgehead atoms. The summed E-state index contributed by atoms with van der Waals surface area (Å²) in [5, 5.41) is 27.6. The zero-order chi connectivity index (χ0) is 19.7. The van der Waals surface area contributed by atoms with Crippen molar-refractivity contribution >= 4 is 23.0 Å². The number of aliphatic hydroxyl groups excluding tert-OH is 3. The highest BCUT2D eigenvalue weighted by molar-refractivity contribution is 5.91. The minimum atomic E-state index is -0.643. The molecule has 146 valence electrons. The Morgan fingerprint density at radius 2 is 2.04 bits per heavy atom. The molecule has 2 aromatic heterocycles. The van der Waals surface area contributed by atoms with Gasteiger partial charge in [-0.3, -0.25) is 24.5 Å². The molecule has 26 heavy (non-hydrogen) atoms. The largest absolute Gasteiger partial charge is 0.400 e. The Morgan fingerprint density at radius 3 is 2.62 bits per heavy atom. The molecule has 0 aliphatic carbocycles. The monoisotopic (exact) mass is 371 g/mol. The van der Waals surface area contributed by atoms with Crippen molar-refractivity contribution in [3.05, 3.63) is 16.7 Å². The highest BCUT2D eigenvalue weighted by atomic mass is 16.5. The molecule has 0 aliphatic rings. The predicted octanol–water partition coefficient (Wildman–Crippen LogP) is -0.787. The molecular weight excluding hydrogens is 346 g/mol. The quantitative estimate of drug-likeness (QED) is 0.403. The van der Waals surface area contributed by atoms with Gasteiger partial charge in [-0.15, -0.1) is 0 Å². The zero-order valence-electron chi connectivity index (χ0n) is 15.0. The Morgan fingerprint density at radius 1 is 1.35 bits per heavy atom. The number of carbonyl (C=O) groups is 1. The number of nitrogens with zero attached hydrogens (tertiary/aromatic N) is 3. The smallest absolute Gasteiger partial charge is 0.280 e. The summed E-state index contributed by atoms with van der Waals surface area (Å²) in [5.41, 5.74) is -0.190. The van der Waals surface area contributed by atoms with Crippen LogP contribution in [0.2, 0.25) is 0 Å². The van der Waals surface area contributed by atoms with Gasteiger partial charge in [-0.05, 0) is 0 Å². The van der Waals surface area contributed by atoms with E-state index in [1.54, 1.807) is 13.8 Å². The third-order valence-corrected chi connectivity index (χ3v) is 3.29. The van der Waals surface area contributed by atoms with Gasteiger partial charge < -0.3 is 20.1 Å². The first kappa shape index (κ1) is 21.7. The van der Waals surface area contributed by atoms with Gasteiger partial charge in [0, 0.05) is 26.1 Å². The first-order chi connectivity index (χ1) is 12.5. The maximum absolute atomic E-state index is 12.1. The number of imidazole rings is 1. The van der Waals surface area contributed by atoms with Gasteiger partial charge in [0.05, 0.1) is 19.5 Å². The second kappa shape index (κ2) is 10.6. The maximum atomic E-state index is 12.1. The fraction of sp³-hybridized carbons (Fsp3) is 0.600. The molecule has 0 radical (unpaired) electrons. The topological polar surface area (TPSA) is 163 Å². The van der Waals surface area contributed by atoms with Gasteiger partial charge in [0.25, 0.3) is 5.56 Å². The molecule has 0 spiro atoms. The number of carbonyl (C=O) groups excluding carboxylic acids is 1. The number of amides is 1. The standard InChI is InChI=1S/C14H21N5O5.CH4O/c1-8(2)12(22)17-14-16-11-10(13(23)18-14)15-7-19(11)9(3-4-20)24-6-5-21;1-2/h7-9,20-21H,3-6H2,1-2H3,(H2,16,17,18,22,23);2H,1H3. The van der Waals surface area contributed by atoms with Crippen LogP contribution in [-0.2, 0) is 9.53 Å². The number of hydrogen-bond acceptors (Lipinski definition) is 8. The first-order valence-corrected chi connectivity index (χ1v) is 8.03. The minimum absolute atomic E-state index is 0.0119. The van der Waals surface area contributed by atoms with Gasteiger partial charge in [0.2, 0.25) is 11.9 Å². The van der Waals surface area contributed by atoms with Gasteiger partial charge in [-0.2, -0.15) is 4.98 Å². The number of H-pyrrole nitrogens is 1. The normalized spacial score (nSPS) is 12.0. The van der Waals surface area contributed by atoms with Crippen LogP contribution < -0.4 is 10.9 Å². The van der Waals surface area contributed by atoms with Crippen LogP contribution in [-0.4, -0.2) is 67.7 Å². The number of hydrogen-bond donors (Lipinski definition) is 5.